The maximum Gasteiger partial charge on any atom is 0.175 e. The van der Waals surface area contributed by atoms with Crippen molar-refractivity contribution in [1.29, 1.82) is 0 Å². The zero-order chi connectivity index (χ0) is 17.7. The molecule has 126 valence electrons. The lowest BCUT2D eigenvalue weighted by molar-refractivity contribution is 0.475. The van der Waals surface area contributed by atoms with Crippen LogP contribution in [0, 0.1) is 0 Å². The number of aromatic nitrogens is 4. The summed E-state index contributed by atoms with van der Waals surface area (Å²) in [6.45, 7) is 0. The number of hydrogen-bond acceptors (Lipinski definition) is 6. The fraction of sp³-hybridized carbons (Fsp3) is 0. The van der Waals surface area contributed by atoms with Crippen molar-refractivity contribution in [2.75, 3.05) is 5.73 Å². The molecule has 0 aliphatic rings. The standard InChI is InChI=1S/C19H13N5OS/c20-13-3-6-16-12(9-13)10-21-24(16)19-17-15(7-8-26-17)22-18(23-19)11-1-4-14(25)5-2-11/h1-10,25H,20H2. The first kappa shape index (κ1) is 14.9. The van der Waals surface area contributed by atoms with E-state index in [-0.39, 0.29) is 5.75 Å². The Balaban J connectivity index is 1.78. The summed E-state index contributed by atoms with van der Waals surface area (Å²) in [6.07, 6.45) is 1.79. The van der Waals surface area contributed by atoms with Crippen LogP contribution in [0.3, 0.4) is 0 Å². The number of thiophene rings is 1. The molecule has 0 aliphatic heterocycles. The van der Waals surface area contributed by atoms with Gasteiger partial charge in [-0.3, -0.25) is 0 Å². The van der Waals surface area contributed by atoms with E-state index < -0.39 is 0 Å². The highest BCUT2D eigenvalue weighted by atomic mass is 32.1. The van der Waals surface area contributed by atoms with Gasteiger partial charge in [-0.1, -0.05) is 0 Å². The number of anilines is 1. The van der Waals surface area contributed by atoms with E-state index in [0.29, 0.717) is 11.5 Å². The van der Waals surface area contributed by atoms with Gasteiger partial charge in [-0.05, 0) is 53.9 Å². The first-order chi connectivity index (χ1) is 12.7. The average molecular weight is 359 g/mol. The summed E-state index contributed by atoms with van der Waals surface area (Å²) in [5.41, 5.74) is 9.21. The number of hydrogen-bond donors (Lipinski definition) is 2. The van der Waals surface area contributed by atoms with Crippen LogP contribution in [0.4, 0.5) is 5.69 Å². The van der Waals surface area contributed by atoms with Crippen molar-refractivity contribution in [2.45, 2.75) is 0 Å². The second-order valence-corrected chi connectivity index (χ2v) is 6.84. The molecule has 0 saturated carbocycles. The molecule has 2 aromatic carbocycles. The van der Waals surface area contributed by atoms with Crippen molar-refractivity contribution < 1.29 is 5.11 Å². The zero-order valence-electron chi connectivity index (χ0n) is 13.5. The van der Waals surface area contributed by atoms with Crippen LogP contribution in [0.2, 0.25) is 0 Å². The molecule has 0 fully saturated rings. The van der Waals surface area contributed by atoms with Gasteiger partial charge in [0.15, 0.2) is 11.6 Å². The summed E-state index contributed by atoms with van der Waals surface area (Å²) in [5, 5.41) is 17.0. The Morgan fingerprint density at radius 1 is 1.00 bits per heavy atom. The molecule has 0 unspecified atom stereocenters. The molecule has 26 heavy (non-hydrogen) atoms. The summed E-state index contributed by atoms with van der Waals surface area (Å²) in [4.78, 5) is 9.43. The lowest BCUT2D eigenvalue weighted by atomic mass is 10.2. The Morgan fingerprint density at radius 3 is 2.69 bits per heavy atom. The van der Waals surface area contributed by atoms with E-state index in [4.69, 9.17) is 10.7 Å². The molecule has 3 aromatic heterocycles. The molecule has 3 N–H and O–H groups in total. The number of nitrogen functional groups attached to an aromatic ring is 1. The van der Waals surface area contributed by atoms with Gasteiger partial charge in [-0.25, -0.2) is 14.6 Å². The van der Waals surface area contributed by atoms with Gasteiger partial charge in [-0.15, -0.1) is 11.3 Å². The maximum atomic E-state index is 9.52. The van der Waals surface area contributed by atoms with Crippen molar-refractivity contribution in [1.82, 2.24) is 19.7 Å². The molecule has 3 heterocycles. The fourth-order valence-corrected chi connectivity index (χ4v) is 3.76. The summed E-state index contributed by atoms with van der Waals surface area (Å²) in [7, 11) is 0. The van der Waals surface area contributed by atoms with Crippen LogP contribution in [0.1, 0.15) is 0 Å². The van der Waals surface area contributed by atoms with Crippen LogP contribution >= 0.6 is 11.3 Å². The van der Waals surface area contributed by atoms with Crippen LogP contribution in [-0.4, -0.2) is 24.9 Å². The highest BCUT2D eigenvalue weighted by molar-refractivity contribution is 7.17. The quantitative estimate of drug-likeness (QED) is 0.465. The summed E-state index contributed by atoms with van der Waals surface area (Å²) in [6, 6.07) is 14.5. The van der Waals surface area contributed by atoms with E-state index in [9.17, 15) is 5.11 Å². The fourth-order valence-electron chi connectivity index (χ4n) is 2.95. The lowest BCUT2D eigenvalue weighted by Gasteiger charge is -2.08. The van der Waals surface area contributed by atoms with E-state index in [1.165, 1.54) is 0 Å². The molecule has 0 atom stereocenters. The number of rotatable bonds is 2. The Kier molecular flexibility index (Phi) is 3.16. The van der Waals surface area contributed by atoms with Crippen LogP contribution in [0.25, 0.3) is 38.3 Å². The number of benzene rings is 2. The van der Waals surface area contributed by atoms with Gasteiger partial charge >= 0.3 is 0 Å². The topological polar surface area (TPSA) is 89.8 Å². The first-order valence-corrected chi connectivity index (χ1v) is 8.85. The molecule has 6 nitrogen and oxygen atoms in total. The average Bonchev–Trinajstić information content (AvgIpc) is 3.27. The number of phenolic OH excluding ortho intramolecular Hbond substituents is 1. The largest absolute Gasteiger partial charge is 0.508 e. The van der Waals surface area contributed by atoms with Crippen LogP contribution in [-0.2, 0) is 0 Å². The van der Waals surface area contributed by atoms with E-state index in [1.807, 2.05) is 34.3 Å². The van der Waals surface area contributed by atoms with E-state index in [2.05, 4.69) is 10.1 Å². The molecular weight excluding hydrogens is 346 g/mol. The Labute approximate surface area is 152 Å². The number of phenols is 1. The molecular formula is C19H13N5OS. The Hall–Kier alpha value is -3.45. The summed E-state index contributed by atoms with van der Waals surface area (Å²) < 4.78 is 2.79. The summed E-state index contributed by atoms with van der Waals surface area (Å²) in [5.74, 6) is 1.53. The predicted octanol–water partition coefficient (Wildman–Crippen LogP) is 3.99. The third kappa shape index (κ3) is 2.29. The zero-order valence-corrected chi connectivity index (χ0v) is 14.3. The smallest absolute Gasteiger partial charge is 0.175 e. The molecule has 0 aliphatic carbocycles. The SMILES string of the molecule is Nc1ccc2c(cnn2-c2nc(-c3ccc(O)cc3)nc3ccsc23)c1. The third-order valence-corrected chi connectivity index (χ3v) is 5.10. The van der Waals surface area contributed by atoms with E-state index in [1.54, 1.807) is 41.8 Å². The number of aromatic hydroxyl groups is 1. The van der Waals surface area contributed by atoms with Gasteiger partial charge in [-0.2, -0.15) is 5.10 Å². The van der Waals surface area contributed by atoms with Gasteiger partial charge in [0.25, 0.3) is 0 Å². The van der Waals surface area contributed by atoms with Crippen molar-refractivity contribution >= 4 is 38.1 Å². The maximum absolute atomic E-state index is 9.52. The van der Waals surface area contributed by atoms with Gasteiger partial charge in [0.05, 0.1) is 21.9 Å². The number of fused-ring (bicyclic) bond motifs is 2. The monoisotopic (exact) mass is 359 g/mol. The van der Waals surface area contributed by atoms with Gasteiger partial charge in [0.1, 0.15) is 5.75 Å². The van der Waals surface area contributed by atoms with Crippen LogP contribution in [0.15, 0.2) is 60.1 Å². The van der Waals surface area contributed by atoms with Crippen molar-refractivity contribution in [2.24, 2.45) is 0 Å². The molecule has 0 radical (unpaired) electrons. The van der Waals surface area contributed by atoms with Crippen molar-refractivity contribution in [3.63, 3.8) is 0 Å². The van der Waals surface area contributed by atoms with Crippen molar-refractivity contribution in [3.05, 3.63) is 60.1 Å². The Bertz CT molecular complexity index is 1260. The molecule has 5 aromatic rings. The summed E-state index contributed by atoms with van der Waals surface area (Å²) >= 11 is 1.58. The lowest BCUT2D eigenvalue weighted by Crippen LogP contribution is -2.02. The van der Waals surface area contributed by atoms with Crippen LogP contribution in [0.5, 0.6) is 5.75 Å². The van der Waals surface area contributed by atoms with E-state index >= 15 is 0 Å². The number of nitrogens with zero attached hydrogens (tertiary/aromatic N) is 4. The minimum atomic E-state index is 0.209. The van der Waals surface area contributed by atoms with E-state index in [0.717, 1.165) is 32.5 Å². The molecule has 5 rings (SSSR count). The van der Waals surface area contributed by atoms with Gasteiger partial charge < -0.3 is 10.8 Å². The normalized spacial score (nSPS) is 11.4. The van der Waals surface area contributed by atoms with Gasteiger partial charge in [0.2, 0.25) is 0 Å². The Morgan fingerprint density at radius 2 is 1.85 bits per heavy atom. The second-order valence-electron chi connectivity index (χ2n) is 5.93. The molecule has 0 saturated heterocycles. The van der Waals surface area contributed by atoms with Crippen molar-refractivity contribution in [3.8, 4) is 23.0 Å². The molecule has 0 amide bonds. The molecule has 0 spiro atoms. The first-order valence-electron chi connectivity index (χ1n) is 7.97. The minimum absolute atomic E-state index is 0.209. The predicted molar refractivity (Wildman–Crippen MR) is 104 cm³/mol. The van der Waals surface area contributed by atoms with Gasteiger partial charge in [0, 0.05) is 16.6 Å². The highest BCUT2D eigenvalue weighted by Gasteiger charge is 2.15. The molecule has 0 bridgehead atoms. The number of nitrogens with two attached hydrogens (primary N) is 1. The van der Waals surface area contributed by atoms with Crippen LogP contribution < -0.4 is 5.73 Å². The third-order valence-electron chi connectivity index (χ3n) is 4.20. The second kappa shape index (κ2) is 5.53. The minimum Gasteiger partial charge on any atom is -0.508 e. The molecule has 7 heteroatoms. The highest BCUT2D eigenvalue weighted by Crippen LogP contribution is 2.30.